The second kappa shape index (κ2) is 8.29. The lowest BCUT2D eigenvalue weighted by atomic mass is 10.2. The second-order valence-electron chi connectivity index (χ2n) is 4.75. The molecule has 0 spiro atoms. The maximum Gasteiger partial charge on any atom is 0.222 e. The van der Waals surface area contributed by atoms with Crippen molar-refractivity contribution < 1.29 is 9.53 Å². The first-order valence-corrected chi connectivity index (χ1v) is 7.45. The number of carbonyl (C=O) groups is 1. The summed E-state index contributed by atoms with van der Waals surface area (Å²) in [5.41, 5.74) is 1.79. The standard InChI is InChI=1S/C17H19ClN2O2/c1-22-16-9-5-4-8-15(16)19-11-10-17(21)20-12-13-6-2-3-7-14(13)18/h2-9,19H,10-12H2,1H3,(H,20,21). The van der Waals surface area contributed by atoms with E-state index in [1.807, 2.05) is 48.5 Å². The van der Waals surface area contributed by atoms with Gasteiger partial charge in [-0.15, -0.1) is 0 Å². The first kappa shape index (κ1) is 16.2. The molecule has 0 atom stereocenters. The summed E-state index contributed by atoms with van der Waals surface area (Å²) in [4.78, 5) is 11.8. The van der Waals surface area contributed by atoms with E-state index in [0.29, 0.717) is 24.5 Å². The van der Waals surface area contributed by atoms with Crippen molar-refractivity contribution in [1.29, 1.82) is 0 Å². The van der Waals surface area contributed by atoms with Gasteiger partial charge < -0.3 is 15.4 Å². The van der Waals surface area contributed by atoms with Crippen LogP contribution in [0.4, 0.5) is 5.69 Å². The first-order valence-electron chi connectivity index (χ1n) is 7.07. The molecule has 5 heteroatoms. The largest absolute Gasteiger partial charge is 0.495 e. The summed E-state index contributed by atoms with van der Waals surface area (Å²) in [6, 6.07) is 15.1. The number of para-hydroxylation sites is 2. The normalized spacial score (nSPS) is 10.1. The van der Waals surface area contributed by atoms with E-state index in [0.717, 1.165) is 17.0 Å². The van der Waals surface area contributed by atoms with E-state index in [1.54, 1.807) is 7.11 Å². The van der Waals surface area contributed by atoms with Gasteiger partial charge in [0.05, 0.1) is 12.8 Å². The number of anilines is 1. The fraction of sp³-hybridized carbons (Fsp3) is 0.235. The average Bonchev–Trinajstić information content (AvgIpc) is 2.54. The minimum atomic E-state index is -0.0256. The fourth-order valence-corrected chi connectivity index (χ4v) is 2.23. The number of halogens is 1. The van der Waals surface area contributed by atoms with E-state index < -0.39 is 0 Å². The van der Waals surface area contributed by atoms with Gasteiger partial charge >= 0.3 is 0 Å². The van der Waals surface area contributed by atoms with Crippen LogP contribution in [0.25, 0.3) is 0 Å². The van der Waals surface area contributed by atoms with Gasteiger partial charge in [-0.05, 0) is 23.8 Å². The van der Waals surface area contributed by atoms with Gasteiger partial charge in [0.25, 0.3) is 0 Å². The highest BCUT2D eigenvalue weighted by Gasteiger charge is 2.05. The Balaban J connectivity index is 1.75. The van der Waals surface area contributed by atoms with E-state index >= 15 is 0 Å². The molecule has 0 aliphatic heterocycles. The first-order chi connectivity index (χ1) is 10.7. The zero-order valence-electron chi connectivity index (χ0n) is 12.4. The third kappa shape index (κ3) is 4.67. The van der Waals surface area contributed by atoms with Gasteiger partial charge in [0.2, 0.25) is 5.91 Å². The molecule has 0 heterocycles. The monoisotopic (exact) mass is 318 g/mol. The van der Waals surface area contributed by atoms with Crippen molar-refractivity contribution in [2.24, 2.45) is 0 Å². The molecule has 0 saturated heterocycles. The molecule has 0 radical (unpaired) electrons. The minimum Gasteiger partial charge on any atom is -0.495 e. The predicted molar refractivity (Wildman–Crippen MR) is 89.4 cm³/mol. The summed E-state index contributed by atoms with van der Waals surface area (Å²) in [7, 11) is 1.62. The van der Waals surface area contributed by atoms with Crippen LogP contribution >= 0.6 is 11.6 Å². The SMILES string of the molecule is COc1ccccc1NCCC(=O)NCc1ccccc1Cl. The highest BCUT2D eigenvalue weighted by atomic mass is 35.5. The Hall–Kier alpha value is -2.20. The van der Waals surface area contributed by atoms with Crippen molar-refractivity contribution in [3.05, 3.63) is 59.1 Å². The lowest BCUT2D eigenvalue weighted by Gasteiger charge is -2.11. The Morgan fingerprint density at radius 2 is 1.86 bits per heavy atom. The molecule has 0 saturated carbocycles. The third-order valence-electron chi connectivity index (χ3n) is 3.21. The van der Waals surface area contributed by atoms with Crippen LogP contribution in [0.3, 0.4) is 0 Å². The number of hydrogen-bond acceptors (Lipinski definition) is 3. The summed E-state index contributed by atoms with van der Waals surface area (Å²) >= 11 is 6.05. The van der Waals surface area contributed by atoms with Crippen molar-refractivity contribution >= 4 is 23.2 Å². The molecular formula is C17H19ClN2O2. The van der Waals surface area contributed by atoms with Crippen molar-refractivity contribution in [2.75, 3.05) is 19.0 Å². The molecule has 2 aromatic carbocycles. The topological polar surface area (TPSA) is 50.4 Å². The maximum absolute atomic E-state index is 11.8. The van der Waals surface area contributed by atoms with Gasteiger partial charge in [-0.25, -0.2) is 0 Å². The maximum atomic E-state index is 11.8. The van der Waals surface area contributed by atoms with Gasteiger partial charge in [-0.1, -0.05) is 41.9 Å². The number of ether oxygens (including phenoxy) is 1. The fourth-order valence-electron chi connectivity index (χ4n) is 2.03. The number of methoxy groups -OCH3 is 1. The molecule has 0 aliphatic rings. The number of nitrogens with one attached hydrogen (secondary N) is 2. The van der Waals surface area contributed by atoms with Crippen molar-refractivity contribution in [3.8, 4) is 5.75 Å². The Kier molecular flexibility index (Phi) is 6.10. The number of amides is 1. The van der Waals surface area contributed by atoms with Gasteiger partial charge in [0.15, 0.2) is 0 Å². The molecule has 0 aromatic heterocycles. The van der Waals surface area contributed by atoms with Crippen LogP contribution in [-0.2, 0) is 11.3 Å². The summed E-state index contributed by atoms with van der Waals surface area (Å²) in [5.74, 6) is 0.737. The highest BCUT2D eigenvalue weighted by molar-refractivity contribution is 6.31. The predicted octanol–water partition coefficient (Wildman–Crippen LogP) is 3.47. The van der Waals surface area contributed by atoms with Crippen LogP contribution in [-0.4, -0.2) is 19.6 Å². The van der Waals surface area contributed by atoms with Crippen LogP contribution in [0.1, 0.15) is 12.0 Å². The summed E-state index contributed by atoms with van der Waals surface area (Å²) in [6.45, 7) is 0.974. The van der Waals surface area contributed by atoms with E-state index in [9.17, 15) is 4.79 Å². The molecule has 4 nitrogen and oxygen atoms in total. The lowest BCUT2D eigenvalue weighted by molar-refractivity contribution is -0.121. The molecule has 0 unspecified atom stereocenters. The van der Waals surface area contributed by atoms with Crippen molar-refractivity contribution in [1.82, 2.24) is 5.32 Å². The van der Waals surface area contributed by atoms with Crippen molar-refractivity contribution in [2.45, 2.75) is 13.0 Å². The number of hydrogen-bond donors (Lipinski definition) is 2. The molecule has 116 valence electrons. The molecule has 1 amide bonds. The molecule has 0 aliphatic carbocycles. The molecule has 2 N–H and O–H groups in total. The van der Waals surface area contributed by atoms with Gasteiger partial charge in [0.1, 0.15) is 5.75 Å². The average molecular weight is 319 g/mol. The Labute approximate surface area is 135 Å². The lowest BCUT2D eigenvalue weighted by Crippen LogP contribution is -2.25. The van der Waals surface area contributed by atoms with E-state index in [2.05, 4.69) is 10.6 Å². The van der Waals surface area contributed by atoms with Crippen LogP contribution in [0, 0.1) is 0 Å². The highest BCUT2D eigenvalue weighted by Crippen LogP contribution is 2.22. The zero-order valence-corrected chi connectivity index (χ0v) is 13.2. The summed E-state index contributed by atoms with van der Waals surface area (Å²) < 4.78 is 5.24. The molecule has 22 heavy (non-hydrogen) atoms. The van der Waals surface area contributed by atoms with Gasteiger partial charge in [-0.2, -0.15) is 0 Å². The molecule has 0 bridgehead atoms. The quantitative estimate of drug-likeness (QED) is 0.822. The Morgan fingerprint density at radius 3 is 2.64 bits per heavy atom. The van der Waals surface area contributed by atoms with Crippen LogP contribution in [0.2, 0.25) is 5.02 Å². The van der Waals surface area contributed by atoms with E-state index in [-0.39, 0.29) is 5.91 Å². The number of rotatable bonds is 7. The molecule has 0 fully saturated rings. The van der Waals surface area contributed by atoms with E-state index in [1.165, 1.54) is 0 Å². The Bertz CT molecular complexity index is 632. The number of benzene rings is 2. The van der Waals surface area contributed by atoms with Crippen molar-refractivity contribution in [3.63, 3.8) is 0 Å². The van der Waals surface area contributed by atoms with E-state index in [4.69, 9.17) is 16.3 Å². The van der Waals surface area contributed by atoms with Gasteiger partial charge in [-0.3, -0.25) is 4.79 Å². The molecular weight excluding hydrogens is 300 g/mol. The smallest absolute Gasteiger partial charge is 0.222 e. The molecule has 2 aromatic rings. The minimum absolute atomic E-state index is 0.0256. The number of carbonyl (C=O) groups excluding carboxylic acids is 1. The van der Waals surface area contributed by atoms with Crippen LogP contribution in [0.15, 0.2) is 48.5 Å². The summed E-state index contributed by atoms with van der Waals surface area (Å²) in [6.07, 6.45) is 0.377. The summed E-state index contributed by atoms with van der Waals surface area (Å²) in [5, 5.41) is 6.71. The Morgan fingerprint density at radius 1 is 1.14 bits per heavy atom. The van der Waals surface area contributed by atoms with Gasteiger partial charge in [0, 0.05) is 24.5 Å². The van der Waals surface area contributed by atoms with Crippen LogP contribution in [0.5, 0.6) is 5.75 Å². The molecule has 2 rings (SSSR count). The zero-order chi connectivity index (χ0) is 15.8. The third-order valence-corrected chi connectivity index (χ3v) is 3.58. The second-order valence-corrected chi connectivity index (χ2v) is 5.15. The van der Waals surface area contributed by atoms with Crippen LogP contribution < -0.4 is 15.4 Å².